The van der Waals surface area contributed by atoms with Crippen LogP contribution in [-0.2, 0) is 9.53 Å². The highest BCUT2D eigenvalue weighted by atomic mass is 19.1. The van der Waals surface area contributed by atoms with Gasteiger partial charge in [0.2, 0.25) is 5.91 Å². The first kappa shape index (κ1) is 19.1. The number of urea groups is 1. The van der Waals surface area contributed by atoms with Gasteiger partial charge in [0.1, 0.15) is 18.6 Å². The molecule has 3 aliphatic rings. The van der Waals surface area contributed by atoms with Crippen molar-refractivity contribution in [3.8, 4) is 0 Å². The predicted octanol–water partition coefficient (Wildman–Crippen LogP) is 2.18. The number of alkyl halides is 1. The molecule has 6 nitrogen and oxygen atoms in total. The number of amides is 3. The van der Waals surface area contributed by atoms with Crippen molar-refractivity contribution in [1.82, 2.24) is 15.1 Å². The Morgan fingerprint density at radius 2 is 2.11 bits per heavy atom. The first-order chi connectivity index (χ1) is 13.4. The van der Waals surface area contributed by atoms with Gasteiger partial charge in [-0.2, -0.15) is 0 Å². The number of hydrogen-bond acceptors (Lipinski definition) is 3. The van der Waals surface area contributed by atoms with Crippen LogP contribution < -0.4 is 5.32 Å². The Hall–Kier alpha value is -2.22. The van der Waals surface area contributed by atoms with E-state index in [1.54, 1.807) is 28.9 Å². The largest absolute Gasteiger partial charge is 0.366 e. The topological polar surface area (TPSA) is 61.9 Å². The lowest BCUT2D eigenvalue weighted by Crippen LogP contribution is -2.64. The highest BCUT2D eigenvalue weighted by Gasteiger charge is 2.40. The number of nitrogens with zero attached hydrogens (tertiary/aromatic N) is 2. The van der Waals surface area contributed by atoms with E-state index in [0.717, 1.165) is 0 Å². The number of likely N-dealkylation sites (tertiary alicyclic amines) is 2. The molecule has 28 heavy (non-hydrogen) atoms. The molecular formula is C20H25F2N3O3. The van der Waals surface area contributed by atoms with Gasteiger partial charge in [-0.15, -0.1) is 0 Å². The summed E-state index contributed by atoms with van der Waals surface area (Å²) in [5.41, 5.74) is 0.850. The number of ether oxygens (including phenoxy) is 1. The molecule has 1 unspecified atom stereocenters. The van der Waals surface area contributed by atoms with E-state index < -0.39 is 12.0 Å². The van der Waals surface area contributed by atoms with Crippen molar-refractivity contribution < 1.29 is 23.1 Å². The van der Waals surface area contributed by atoms with Crippen LogP contribution in [-0.4, -0.2) is 66.7 Å². The third kappa shape index (κ3) is 3.83. The first-order valence-electron chi connectivity index (χ1n) is 9.75. The SMILES string of the molecule is Cc1ccc(C(F)CC2CN(C(=O)N3CC[C@@H]4OCC(=O)N[C@@H]4C3)C2)cc1F. The fourth-order valence-electron chi connectivity index (χ4n) is 4.18. The highest BCUT2D eigenvalue weighted by molar-refractivity contribution is 5.79. The van der Waals surface area contributed by atoms with Crippen molar-refractivity contribution in [2.75, 3.05) is 32.8 Å². The minimum atomic E-state index is -1.23. The van der Waals surface area contributed by atoms with Crippen molar-refractivity contribution in [2.24, 2.45) is 5.92 Å². The second kappa shape index (κ2) is 7.66. The van der Waals surface area contributed by atoms with E-state index in [2.05, 4.69) is 5.32 Å². The van der Waals surface area contributed by atoms with Gasteiger partial charge in [0.05, 0.1) is 12.1 Å². The van der Waals surface area contributed by atoms with E-state index in [1.807, 2.05) is 0 Å². The molecule has 0 spiro atoms. The van der Waals surface area contributed by atoms with Gasteiger partial charge >= 0.3 is 6.03 Å². The summed E-state index contributed by atoms with van der Waals surface area (Å²) < 4.78 is 33.6. The van der Waals surface area contributed by atoms with Gasteiger partial charge in [0.25, 0.3) is 0 Å². The summed E-state index contributed by atoms with van der Waals surface area (Å²) in [5.74, 6) is -0.479. The average molecular weight is 393 g/mol. The first-order valence-corrected chi connectivity index (χ1v) is 9.75. The maximum atomic E-state index is 14.5. The summed E-state index contributed by atoms with van der Waals surface area (Å²) in [4.78, 5) is 27.6. The maximum Gasteiger partial charge on any atom is 0.320 e. The van der Waals surface area contributed by atoms with Crippen LogP contribution in [0.15, 0.2) is 18.2 Å². The van der Waals surface area contributed by atoms with Crippen LogP contribution in [0.3, 0.4) is 0 Å². The molecule has 8 heteroatoms. The molecule has 3 heterocycles. The number of hydrogen-bond donors (Lipinski definition) is 1. The van der Waals surface area contributed by atoms with Gasteiger partial charge in [0.15, 0.2) is 0 Å². The van der Waals surface area contributed by atoms with Crippen molar-refractivity contribution in [3.05, 3.63) is 35.1 Å². The molecule has 1 N–H and O–H groups in total. The zero-order valence-corrected chi connectivity index (χ0v) is 15.9. The summed E-state index contributed by atoms with van der Waals surface area (Å²) in [6.45, 7) is 3.76. The van der Waals surface area contributed by atoms with Crippen molar-refractivity contribution in [2.45, 2.75) is 38.1 Å². The fourth-order valence-corrected chi connectivity index (χ4v) is 4.18. The highest BCUT2D eigenvalue weighted by Crippen LogP contribution is 2.32. The summed E-state index contributed by atoms with van der Waals surface area (Å²) in [6.07, 6.45) is -0.295. The molecule has 152 valence electrons. The van der Waals surface area contributed by atoms with E-state index in [1.165, 1.54) is 6.07 Å². The van der Waals surface area contributed by atoms with Crippen LogP contribution in [0, 0.1) is 18.7 Å². The number of rotatable bonds is 3. The minimum absolute atomic E-state index is 0.0342. The molecule has 3 atom stereocenters. The summed E-state index contributed by atoms with van der Waals surface area (Å²) in [5, 5.41) is 2.88. The molecule has 0 saturated carbocycles. The van der Waals surface area contributed by atoms with E-state index in [-0.39, 0.29) is 43.0 Å². The number of carbonyl (C=O) groups is 2. The minimum Gasteiger partial charge on any atom is -0.366 e. The maximum absolute atomic E-state index is 14.5. The number of halogens is 2. The molecule has 0 radical (unpaired) electrons. The summed E-state index contributed by atoms with van der Waals surface area (Å²) in [7, 11) is 0. The summed E-state index contributed by atoms with van der Waals surface area (Å²) in [6, 6.07) is 4.22. The molecule has 3 saturated heterocycles. The molecule has 0 bridgehead atoms. The standard InChI is InChI=1S/C20H25F2N3O3/c1-12-2-3-14(7-15(12)21)16(22)6-13-8-25(9-13)20(27)24-5-4-18-17(10-24)23-19(26)11-28-18/h2-3,7,13,16-18H,4-6,8-11H2,1H3,(H,23,26)/t16?,17-,18+/m1/s1. The zero-order chi connectivity index (χ0) is 19.8. The zero-order valence-electron chi connectivity index (χ0n) is 15.9. The molecule has 4 rings (SSSR count). The number of morpholine rings is 1. The van der Waals surface area contributed by atoms with Gasteiger partial charge in [-0.25, -0.2) is 13.6 Å². The molecule has 1 aromatic rings. The lowest BCUT2D eigenvalue weighted by atomic mass is 9.91. The van der Waals surface area contributed by atoms with Crippen molar-refractivity contribution in [1.29, 1.82) is 0 Å². The molecule has 3 amide bonds. The lowest BCUT2D eigenvalue weighted by molar-refractivity contribution is -0.139. The van der Waals surface area contributed by atoms with Crippen LogP contribution in [0.4, 0.5) is 13.6 Å². The van der Waals surface area contributed by atoms with Gasteiger partial charge in [-0.1, -0.05) is 12.1 Å². The van der Waals surface area contributed by atoms with Gasteiger partial charge in [0, 0.05) is 26.2 Å². The third-order valence-corrected chi connectivity index (χ3v) is 5.92. The Kier molecular flexibility index (Phi) is 5.23. The molecule has 0 aromatic heterocycles. The van der Waals surface area contributed by atoms with E-state index >= 15 is 0 Å². The van der Waals surface area contributed by atoms with E-state index in [9.17, 15) is 18.4 Å². The third-order valence-electron chi connectivity index (χ3n) is 5.92. The Morgan fingerprint density at radius 1 is 1.32 bits per heavy atom. The second-order valence-electron chi connectivity index (χ2n) is 8.02. The van der Waals surface area contributed by atoms with Crippen molar-refractivity contribution >= 4 is 11.9 Å². The van der Waals surface area contributed by atoms with E-state index in [4.69, 9.17) is 4.74 Å². The van der Waals surface area contributed by atoms with Gasteiger partial charge in [-0.05, 0) is 42.9 Å². The molecule has 1 aromatic carbocycles. The van der Waals surface area contributed by atoms with Crippen molar-refractivity contribution in [3.63, 3.8) is 0 Å². The fraction of sp³-hybridized carbons (Fsp3) is 0.600. The predicted molar refractivity (Wildman–Crippen MR) is 97.9 cm³/mol. The number of benzene rings is 1. The second-order valence-corrected chi connectivity index (χ2v) is 8.02. The molecule has 3 aliphatic heterocycles. The number of piperidine rings is 1. The Bertz CT molecular complexity index is 769. The lowest BCUT2D eigenvalue weighted by Gasteiger charge is -2.46. The number of fused-ring (bicyclic) bond motifs is 1. The normalized spacial score (nSPS) is 26.3. The number of carbonyl (C=O) groups excluding carboxylic acids is 2. The van der Waals surface area contributed by atoms with Crippen LogP contribution in [0.5, 0.6) is 0 Å². The van der Waals surface area contributed by atoms with Crippen LogP contribution in [0.1, 0.15) is 30.1 Å². The van der Waals surface area contributed by atoms with Gasteiger partial charge < -0.3 is 19.9 Å². The van der Waals surface area contributed by atoms with Crippen LogP contribution in [0.25, 0.3) is 0 Å². The molecule has 3 fully saturated rings. The average Bonchev–Trinajstić information content (AvgIpc) is 2.65. The van der Waals surface area contributed by atoms with Crippen LogP contribution in [0.2, 0.25) is 0 Å². The molecular weight excluding hydrogens is 368 g/mol. The number of aryl methyl sites for hydroxylation is 1. The van der Waals surface area contributed by atoms with Crippen LogP contribution >= 0.6 is 0 Å². The molecule has 0 aliphatic carbocycles. The Balaban J connectivity index is 1.26. The number of nitrogens with one attached hydrogen (secondary N) is 1. The summed E-state index contributed by atoms with van der Waals surface area (Å²) >= 11 is 0. The Morgan fingerprint density at radius 3 is 2.86 bits per heavy atom. The van der Waals surface area contributed by atoms with E-state index in [0.29, 0.717) is 43.7 Å². The smallest absolute Gasteiger partial charge is 0.320 e. The quantitative estimate of drug-likeness (QED) is 0.856. The van der Waals surface area contributed by atoms with Gasteiger partial charge in [-0.3, -0.25) is 4.79 Å². The Labute approximate surface area is 162 Å². The monoisotopic (exact) mass is 393 g/mol.